The van der Waals surface area contributed by atoms with Crippen LogP contribution in [0.1, 0.15) is 2.85 Å². The summed E-state index contributed by atoms with van der Waals surface area (Å²) in [5.74, 6) is 0. The Bertz CT molecular complexity index is 47.5. The van der Waals surface area contributed by atoms with Crippen LogP contribution in [0.5, 0.6) is 0 Å². The van der Waals surface area contributed by atoms with E-state index >= 15 is 0 Å². The molecule has 0 aromatic heterocycles. The molecule has 0 atom stereocenters. The molecule has 0 aliphatic carbocycles. The van der Waals surface area contributed by atoms with Crippen molar-refractivity contribution in [3.8, 4) is 0 Å². The van der Waals surface area contributed by atoms with Gasteiger partial charge in [-0.2, -0.15) is 0 Å². The Hall–Kier alpha value is 3.85. The minimum absolute atomic E-state index is 0. The fraction of sp³-hybridized carbons (Fsp3) is 0. The first kappa shape index (κ1) is 29.7. The number of hydrogen-bond donors (Lipinski definition) is 0. The molecule has 0 aliphatic heterocycles. The van der Waals surface area contributed by atoms with Crippen molar-refractivity contribution in [1.29, 1.82) is 0 Å². The van der Waals surface area contributed by atoms with Gasteiger partial charge in [0.15, 0.2) is 0 Å². The van der Waals surface area contributed by atoms with Gasteiger partial charge in [0.25, 0.3) is 0 Å². The minimum atomic E-state index is -3.63. The average Bonchev–Trinajstić information content (AvgIpc) is 0.811. The predicted molar refractivity (Wildman–Crippen MR) is 8.66 cm³/mol. The summed E-state index contributed by atoms with van der Waals surface area (Å²) < 4.78 is 8.52. The molecule has 0 heterocycles. The van der Waals surface area contributed by atoms with Gasteiger partial charge in [0, 0.05) is 9.17 Å². The zero-order chi connectivity index (χ0) is 3.58. The van der Waals surface area contributed by atoms with E-state index < -0.39 is 9.17 Å². The summed E-state index contributed by atoms with van der Waals surface area (Å²) >= 11 is 0. The van der Waals surface area contributed by atoms with Crippen LogP contribution in [0.15, 0.2) is 0 Å². The summed E-state index contributed by atoms with van der Waals surface area (Å²) in [7, 11) is -3.63. The third-order valence-electron chi connectivity index (χ3n) is 0. The molecule has 8 heavy (non-hydrogen) atoms. The van der Waals surface area contributed by atoms with Gasteiger partial charge in [0.1, 0.15) is 0 Å². The van der Waals surface area contributed by atoms with Gasteiger partial charge in [-0.3, -0.25) is 0 Å². The van der Waals surface area contributed by atoms with Gasteiger partial charge in [0.2, 0.25) is 0 Å². The van der Waals surface area contributed by atoms with E-state index in [-0.39, 0.29) is 132 Å². The number of hydrogen-bond acceptors (Lipinski definition) is 3. The largest absolute Gasteiger partial charge is 1.00 e. The molecule has 0 saturated carbocycles. The van der Waals surface area contributed by atoms with Crippen molar-refractivity contribution in [3.05, 3.63) is 0 Å². The third kappa shape index (κ3) is 52.0. The molecular formula is H2KLiNa2O3Si. The first-order chi connectivity index (χ1) is 1.73. The van der Waals surface area contributed by atoms with Crippen molar-refractivity contribution in [2.45, 2.75) is 0 Å². The molecule has 0 N–H and O–H groups in total. The maximum Gasteiger partial charge on any atom is 1.00 e. The molecule has 0 aromatic rings. The van der Waals surface area contributed by atoms with E-state index in [1.807, 2.05) is 0 Å². The predicted octanol–water partition coefficient (Wildman–Crippen LogP) is -14.6. The molecule has 0 aromatic carbocycles. The van der Waals surface area contributed by atoms with Crippen LogP contribution in [0, 0.1) is 0 Å². The maximum atomic E-state index is 8.52. The fourth-order valence-electron chi connectivity index (χ4n) is 0. The van der Waals surface area contributed by atoms with Gasteiger partial charge >= 0.3 is 129 Å². The van der Waals surface area contributed by atoms with Gasteiger partial charge in [-0.1, -0.05) is 0 Å². The van der Waals surface area contributed by atoms with Crippen molar-refractivity contribution in [3.63, 3.8) is 0 Å². The van der Waals surface area contributed by atoms with E-state index in [1.165, 1.54) is 0 Å². The van der Waals surface area contributed by atoms with Crippen molar-refractivity contribution < 1.29 is 146 Å². The van der Waals surface area contributed by atoms with Crippen LogP contribution in [0.3, 0.4) is 0 Å². The summed E-state index contributed by atoms with van der Waals surface area (Å²) in [5.41, 5.74) is 0. The zero-order valence-corrected chi connectivity index (χ0v) is 13.8. The molecule has 0 amide bonds. The smallest absolute Gasteiger partial charge is 1.00 e. The zero-order valence-electron chi connectivity index (χ0n) is 7.72. The first-order valence-corrected chi connectivity index (χ1v) is 1.84. The Morgan fingerprint density at radius 2 is 1.25 bits per heavy atom. The standard InChI is InChI=1S/K.Li.2Na.O3Si.2H/c;;;;1-4(2)3;;/q4*+1;-2;2*-1. The van der Waals surface area contributed by atoms with Crippen LogP contribution in [-0.2, 0) is 4.46 Å². The maximum absolute atomic E-state index is 8.52. The second-order valence-corrected chi connectivity index (χ2v) is 0.750. The average molecular weight is 170 g/mol. The van der Waals surface area contributed by atoms with Gasteiger partial charge in [0.05, 0.1) is 0 Å². The van der Waals surface area contributed by atoms with Crippen molar-refractivity contribution in [2.24, 2.45) is 0 Å². The molecule has 0 bridgehead atoms. The molecule has 3 nitrogen and oxygen atoms in total. The van der Waals surface area contributed by atoms with Crippen LogP contribution < -0.4 is 139 Å². The summed E-state index contributed by atoms with van der Waals surface area (Å²) in [5, 5.41) is 0. The molecule has 28 valence electrons. The molecule has 8 heteroatoms. The quantitative estimate of drug-likeness (QED) is 0.339. The first-order valence-electron chi connectivity index (χ1n) is 0.612. The Morgan fingerprint density at radius 1 is 1.25 bits per heavy atom. The van der Waals surface area contributed by atoms with Crippen molar-refractivity contribution in [1.82, 2.24) is 0 Å². The Labute approximate surface area is 151 Å². The van der Waals surface area contributed by atoms with Gasteiger partial charge in [-0.15, -0.1) is 0 Å². The molecule has 0 unspecified atom stereocenters. The second kappa shape index (κ2) is 22.4. The van der Waals surface area contributed by atoms with Crippen LogP contribution in [0.2, 0.25) is 0 Å². The Morgan fingerprint density at radius 3 is 1.25 bits per heavy atom. The fourth-order valence-corrected chi connectivity index (χ4v) is 0. The van der Waals surface area contributed by atoms with Gasteiger partial charge in [-0.25, -0.2) is 0 Å². The molecule has 0 radical (unpaired) electrons. The number of rotatable bonds is 0. The van der Waals surface area contributed by atoms with E-state index in [9.17, 15) is 0 Å². The summed E-state index contributed by atoms with van der Waals surface area (Å²) in [6.07, 6.45) is 0. The van der Waals surface area contributed by atoms with Crippen molar-refractivity contribution >= 4 is 9.17 Å². The van der Waals surface area contributed by atoms with Gasteiger partial charge < -0.3 is 16.9 Å². The second-order valence-electron chi connectivity index (χ2n) is 0.250. The van der Waals surface area contributed by atoms with E-state index in [0.717, 1.165) is 0 Å². The molecule has 0 rings (SSSR count). The van der Waals surface area contributed by atoms with Crippen LogP contribution in [0.25, 0.3) is 0 Å². The van der Waals surface area contributed by atoms with Crippen molar-refractivity contribution in [2.75, 3.05) is 0 Å². The molecule has 0 aliphatic rings. The van der Waals surface area contributed by atoms with Crippen LogP contribution >= 0.6 is 0 Å². The van der Waals surface area contributed by atoms with E-state index in [4.69, 9.17) is 14.1 Å². The summed E-state index contributed by atoms with van der Waals surface area (Å²) in [6, 6.07) is 0. The van der Waals surface area contributed by atoms with Gasteiger partial charge in [-0.05, 0) is 0 Å². The van der Waals surface area contributed by atoms with E-state index in [0.29, 0.717) is 0 Å². The topological polar surface area (TPSA) is 63.2 Å². The Kier molecular flexibility index (Phi) is 83.4. The van der Waals surface area contributed by atoms with E-state index in [1.54, 1.807) is 0 Å². The van der Waals surface area contributed by atoms with E-state index in [2.05, 4.69) is 0 Å². The minimum Gasteiger partial charge on any atom is -1.00 e. The summed E-state index contributed by atoms with van der Waals surface area (Å²) in [6.45, 7) is 0. The SMILES string of the molecule is O=[Si]([O-])[O-].[H-].[H-].[K+].[Li+].[Na+].[Na+]. The molecular weight excluding hydrogens is 168 g/mol. The summed E-state index contributed by atoms with van der Waals surface area (Å²) in [4.78, 5) is 17.0. The Balaban J connectivity index is -0.00000000300. The third-order valence-corrected chi connectivity index (χ3v) is 0. The van der Waals surface area contributed by atoms with Crippen LogP contribution in [-0.4, -0.2) is 9.17 Å². The van der Waals surface area contributed by atoms with Crippen LogP contribution in [0.4, 0.5) is 0 Å². The normalized spacial score (nSPS) is 3.00. The monoisotopic (exact) mass is 170 g/mol. The molecule has 0 fully saturated rings. The molecule has 0 saturated heterocycles. The molecule has 0 spiro atoms.